The molecule has 0 amide bonds. The van der Waals surface area contributed by atoms with E-state index in [2.05, 4.69) is 32.6 Å². The molecule has 2 nitrogen and oxygen atoms in total. The van der Waals surface area contributed by atoms with Crippen LogP contribution in [-0.4, -0.2) is 16.5 Å². The number of aliphatic hydroxyl groups is 1. The van der Waals surface area contributed by atoms with E-state index in [1.807, 2.05) is 0 Å². The molecule has 1 fully saturated rings. The Hall–Kier alpha value is -1.07. The summed E-state index contributed by atoms with van der Waals surface area (Å²) in [6.07, 6.45) is 5.95. The molecule has 2 rings (SSSR count). The number of unbranched alkanes of at least 4 members (excludes halogenated alkanes) is 3. The molecule has 0 aromatic rings. The Morgan fingerprint density at radius 1 is 1.37 bits per heavy atom. The lowest BCUT2D eigenvalue weighted by Crippen LogP contribution is -2.33. The second-order valence-corrected chi connectivity index (χ2v) is 6.55. The molecule has 0 aromatic heterocycles. The number of hydrogen-bond donors (Lipinski definition) is 1. The number of hydrogen-bond acceptors (Lipinski definition) is 2. The average Bonchev–Trinajstić information content (AvgIpc) is 2.91. The van der Waals surface area contributed by atoms with Gasteiger partial charge in [0.05, 0.1) is 0 Å². The van der Waals surface area contributed by atoms with Gasteiger partial charge in [-0.15, -0.1) is 0 Å². The summed E-state index contributed by atoms with van der Waals surface area (Å²) in [4.78, 5) is 12.1. The van der Waals surface area contributed by atoms with Crippen molar-refractivity contribution in [1.29, 1.82) is 0 Å². The molecule has 3 atom stereocenters. The third kappa shape index (κ3) is 2.37. The highest BCUT2D eigenvalue weighted by Gasteiger charge is 2.70. The molecule has 0 aromatic carbocycles. The summed E-state index contributed by atoms with van der Waals surface area (Å²) in [5.41, 5.74) is -0.562. The molecule has 0 aliphatic heterocycles. The molecule has 1 N–H and O–H groups in total. The van der Waals surface area contributed by atoms with Crippen LogP contribution in [0, 0.1) is 29.1 Å². The van der Waals surface area contributed by atoms with Gasteiger partial charge in [-0.1, -0.05) is 45.5 Å². The Morgan fingerprint density at radius 3 is 2.68 bits per heavy atom. The second kappa shape index (κ2) is 4.80. The predicted octanol–water partition coefficient (Wildman–Crippen LogP) is 3.10. The lowest BCUT2D eigenvalue weighted by molar-refractivity contribution is -0.118. The minimum Gasteiger partial charge on any atom is -0.374 e. The number of rotatable bonds is 3. The highest BCUT2D eigenvalue weighted by molar-refractivity contribution is 6.01. The third-order valence-corrected chi connectivity index (χ3v) is 4.60. The van der Waals surface area contributed by atoms with Gasteiger partial charge in [0.1, 0.15) is 5.60 Å². The van der Waals surface area contributed by atoms with Gasteiger partial charge in [-0.25, -0.2) is 0 Å². The van der Waals surface area contributed by atoms with Crippen LogP contribution in [0.4, 0.5) is 0 Å². The van der Waals surface area contributed by atoms with Crippen molar-refractivity contribution >= 4 is 5.78 Å². The molecular formula is C17H24O2. The van der Waals surface area contributed by atoms with Crippen LogP contribution in [0.15, 0.2) is 11.6 Å². The topological polar surface area (TPSA) is 37.3 Å². The number of carbonyl (C=O) groups excluding carboxylic acids is 1. The molecule has 0 bridgehead atoms. The van der Waals surface area contributed by atoms with Crippen LogP contribution < -0.4 is 0 Å². The Balaban J connectivity index is 2.16. The quantitative estimate of drug-likeness (QED) is 0.625. The number of carbonyl (C=O) groups is 1. The van der Waals surface area contributed by atoms with E-state index in [4.69, 9.17) is 0 Å². The predicted molar refractivity (Wildman–Crippen MR) is 76.4 cm³/mol. The van der Waals surface area contributed by atoms with E-state index in [9.17, 15) is 9.90 Å². The van der Waals surface area contributed by atoms with E-state index in [0.29, 0.717) is 5.57 Å². The van der Waals surface area contributed by atoms with Crippen LogP contribution in [0.3, 0.4) is 0 Å². The Labute approximate surface area is 116 Å². The summed E-state index contributed by atoms with van der Waals surface area (Å²) >= 11 is 0. The van der Waals surface area contributed by atoms with Crippen molar-refractivity contribution in [3.8, 4) is 11.8 Å². The standard InChI is InChI=1S/C17H24O2/c1-5-6-7-8-9-10-17(19)11-12(2)14(18)13-15(17)16(13,3)4/h11,13,15,19H,5-8H2,1-4H3/t13-,15+,17-/m1/s1. The Morgan fingerprint density at radius 2 is 2.05 bits per heavy atom. The van der Waals surface area contributed by atoms with Gasteiger partial charge in [-0.05, 0) is 30.4 Å². The lowest BCUT2D eigenvalue weighted by Gasteiger charge is -2.23. The summed E-state index contributed by atoms with van der Waals surface area (Å²) in [5, 5.41) is 10.8. The fraction of sp³-hybridized carbons (Fsp3) is 0.706. The molecule has 0 saturated heterocycles. The molecule has 19 heavy (non-hydrogen) atoms. The van der Waals surface area contributed by atoms with Crippen molar-refractivity contribution in [3.63, 3.8) is 0 Å². The van der Waals surface area contributed by atoms with Gasteiger partial charge in [0.25, 0.3) is 0 Å². The Kier molecular flexibility index (Phi) is 3.62. The van der Waals surface area contributed by atoms with Crippen molar-refractivity contribution in [2.24, 2.45) is 17.3 Å². The zero-order valence-electron chi connectivity index (χ0n) is 12.4. The van der Waals surface area contributed by atoms with Gasteiger partial charge >= 0.3 is 0 Å². The fourth-order valence-corrected chi connectivity index (χ4v) is 3.47. The summed E-state index contributed by atoms with van der Waals surface area (Å²) in [5.74, 6) is 6.24. The van der Waals surface area contributed by atoms with E-state index < -0.39 is 5.60 Å². The van der Waals surface area contributed by atoms with Crippen LogP contribution >= 0.6 is 0 Å². The highest BCUT2D eigenvalue weighted by Crippen LogP contribution is 2.66. The first-order valence-electron chi connectivity index (χ1n) is 7.30. The monoisotopic (exact) mass is 260 g/mol. The van der Waals surface area contributed by atoms with Crippen molar-refractivity contribution in [2.45, 2.75) is 59.0 Å². The van der Waals surface area contributed by atoms with Gasteiger partial charge in [-0.3, -0.25) is 4.79 Å². The first-order chi connectivity index (χ1) is 8.84. The number of Topliss-reactive ketones (excluding diaryl/α,β-unsaturated/α-hetero) is 1. The molecule has 2 aliphatic rings. The normalized spacial score (nSPS) is 35.0. The minimum atomic E-state index is -1.10. The van der Waals surface area contributed by atoms with Crippen molar-refractivity contribution in [2.75, 3.05) is 0 Å². The third-order valence-electron chi connectivity index (χ3n) is 4.60. The first-order valence-corrected chi connectivity index (χ1v) is 7.30. The SMILES string of the molecule is CCCCCC#C[C@@]1(O)C=C(C)C(=O)[C@@H]2[C@H]1C2(C)C. The maximum absolute atomic E-state index is 12.1. The van der Waals surface area contributed by atoms with Crippen LogP contribution in [0.25, 0.3) is 0 Å². The van der Waals surface area contributed by atoms with E-state index in [-0.39, 0.29) is 23.0 Å². The van der Waals surface area contributed by atoms with E-state index >= 15 is 0 Å². The van der Waals surface area contributed by atoms with Crippen molar-refractivity contribution < 1.29 is 9.90 Å². The largest absolute Gasteiger partial charge is 0.374 e. The van der Waals surface area contributed by atoms with Crippen molar-refractivity contribution in [3.05, 3.63) is 11.6 Å². The number of allylic oxidation sites excluding steroid dienone is 1. The molecule has 2 heteroatoms. The summed E-state index contributed by atoms with van der Waals surface area (Å²) < 4.78 is 0. The first kappa shape index (κ1) is 14.3. The molecular weight excluding hydrogens is 236 g/mol. The summed E-state index contributed by atoms with van der Waals surface area (Å²) in [6.45, 7) is 8.06. The summed E-state index contributed by atoms with van der Waals surface area (Å²) in [7, 11) is 0. The highest BCUT2D eigenvalue weighted by atomic mass is 16.3. The lowest BCUT2D eigenvalue weighted by atomic mass is 9.86. The minimum absolute atomic E-state index is 0.0325. The molecule has 104 valence electrons. The fourth-order valence-electron chi connectivity index (χ4n) is 3.47. The average molecular weight is 260 g/mol. The molecule has 0 radical (unpaired) electrons. The van der Waals surface area contributed by atoms with Gasteiger partial charge in [-0.2, -0.15) is 0 Å². The van der Waals surface area contributed by atoms with Crippen LogP contribution in [0.1, 0.15) is 53.4 Å². The smallest absolute Gasteiger partial charge is 0.162 e. The molecule has 0 spiro atoms. The van der Waals surface area contributed by atoms with E-state index in [0.717, 1.165) is 12.8 Å². The number of ketones is 1. The summed E-state index contributed by atoms with van der Waals surface area (Å²) in [6, 6.07) is 0. The number of fused-ring (bicyclic) bond motifs is 1. The zero-order chi connectivity index (χ0) is 14.3. The van der Waals surface area contributed by atoms with Crippen LogP contribution in [-0.2, 0) is 4.79 Å². The Bertz CT molecular complexity index is 475. The van der Waals surface area contributed by atoms with E-state index in [1.54, 1.807) is 13.0 Å². The van der Waals surface area contributed by atoms with Gasteiger partial charge < -0.3 is 5.11 Å². The molecule has 2 aliphatic carbocycles. The second-order valence-electron chi connectivity index (χ2n) is 6.55. The van der Waals surface area contributed by atoms with Crippen LogP contribution in [0.2, 0.25) is 0 Å². The molecule has 0 unspecified atom stereocenters. The molecule has 1 saturated carbocycles. The van der Waals surface area contributed by atoms with E-state index in [1.165, 1.54) is 12.8 Å². The maximum atomic E-state index is 12.1. The maximum Gasteiger partial charge on any atom is 0.162 e. The zero-order valence-corrected chi connectivity index (χ0v) is 12.4. The van der Waals surface area contributed by atoms with Gasteiger partial charge in [0, 0.05) is 18.3 Å². The molecule has 0 heterocycles. The van der Waals surface area contributed by atoms with Gasteiger partial charge in [0.15, 0.2) is 5.78 Å². The van der Waals surface area contributed by atoms with Crippen LogP contribution in [0.5, 0.6) is 0 Å². The van der Waals surface area contributed by atoms with Crippen molar-refractivity contribution in [1.82, 2.24) is 0 Å². The van der Waals surface area contributed by atoms with Gasteiger partial charge in [0.2, 0.25) is 0 Å².